The summed E-state index contributed by atoms with van der Waals surface area (Å²) in [6.07, 6.45) is 0. The van der Waals surface area contributed by atoms with E-state index in [9.17, 15) is 5.11 Å². The molecule has 0 atom stereocenters. The second kappa shape index (κ2) is 11.3. The van der Waals surface area contributed by atoms with Gasteiger partial charge >= 0.3 is 0 Å². The van der Waals surface area contributed by atoms with Gasteiger partial charge in [0.25, 0.3) is 0 Å². The smallest absolute Gasteiger partial charge is 0.151 e. The van der Waals surface area contributed by atoms with Crippen LogP contribution in [0.1, 0.15) is 18.1 Å². The maximum absolute atomic E-state index is 10.8. The van der Waals surface area contributed by atoms with Gasteiger partial charge in [-0.25, -0.2) is 5.11 Å². The van der Waals surface area contributed by atoms with Crippen LogP contribution in [0.15, 0.2) is 87.2 Å². The number of rotatable bonds is 6. The van der Waals surface area contributed by atoms with Crippen LogP contribution >= 0.6 is 0 Å². The molecule has 163 valence electrons. The van der Waals surface area contributed by atoms with Crippen molar-refractivity contribution in [1.29, 1.82) is 0 Å². The van der Waals surface area contributed by atoms with E-state index < -0.39 is 0 Å². The van der Waals surface area contributed by atoms with Gasteiger partial charge in [-0.1, -0.05) is 25.1 Å². The van der Waals surface area contributed by atoms with Gasteiger partial charge in [-0.3, -0.25) is 0 Å². The number of fused-ring (bicyclic) bond motifs is 1. The van der Waals surface area contributed by atoms with Crippen LogP contribution in [0.3, 0.4) is 0 Å². The second-order valence-electron chi connectivity index (χ2n) is 7.48. The molecule has 0 fully saturated rings. The molecule has 0 aliphatic carbocycles. The maximum Gasteiger partial charge on any atom is 0.151 e. The van der Waals surface area contributed by atoms with Gasteiger partial charge < -0.3 is 10.4 Å². The normalized spacial score (nSPS) is 11.2. The topological polar surface area (TPSA) is 81.7 Å². The predicted molar refractivity (Wildman–Crippen MR) is 129 cm³/mol. The van der Waals surface area contributed by atoms with Gasteiger partial charge in [0.15, 0.2) is 5.75 Å². The van der Waals surface area contributed by atoms with Crippen molar-refractivity contribution in [2.24, 2.45) is 20.5 Å². The maximum atomic E-state index is 10.8. The average Bonchev–Trinajstić information content (AvgIpc) is 2.79. The molecule has 6 nitrogen and oxygen atoms in total. The Morgan fingerprint density at radius 1 is 0.879 bits per heavy atom. The molecule has 4 rings (SSSR count). The number of aromatic hydroxyl groups is 1. The Balaban J connectivity index is 0.00000306. The van der Waals surface area contributed by atoms with Crippen LogP contribution in [0.5, 0.6) is 5.75 Å². The molecule has 4 aromatic carbocycles. The first-order valence-electron chi connectivity index (χ1n) is 10.5. The van der Waals surface area contributed by atoms with Crippen molar-refractivity contribution in [2.75, 3.05) is 11.9 Å². The molecule has 33 heavy (non-hydrogen) atoms. The minimum Gasteiger partial charge on any atom is -0.505 e. The number of hydrogen-bond donors (Lipinski definition) is 2. The summed E-state index contributed by atoms with van der Waals surface area (Å²) in [6.45, 7) is 6.74. The summed E-state index contributed by atoms with van der Waals surface area (Å²) < 4.78 is 0. The molecule has 0 bridgehead atoms. The van der Waals surface area contributed by atoms with Crippen molar-refractivity contribution >= 4 is 39.2 Å². The molecule has 1 radical (unpaired) electrons. The van der Waals surface area contributed by atoms with Crippen molar-refractivity contribution in [1.82, 2.24) is 0 Å². The fourth-order valence-electron chi connectivity index (χ4n) is 3.41. The number of phenols is 1. The fraction of sp³-hybridized carbons (Fsp3) is 0.154. The molecule has 0 heterocycles. The zero-order valence-corrected chi connectivity index (χ0v) is 21.7. The number of phenolic OH excluding ortho intramolecular Hbond substituents is 1. The monoisotopic (exact) mass is 511 g/mol. The van der Waals surface area contributed by atoms with Crippen molar-refractivity contribution in [3.8, 4) is 5.75 Å². The standard InChI is InChI=1S/C26H24N5O.Y/c1-4-27-21-10-12-23-19(16-21)14-18(3)25(26(23)32)31-29-22-11-13-24(17(2)15-22)30-28-20-8-6-5-7-9-20;/h5-10,12-16,27,32H,4H2,1-3H3;/q-1;. The quantitative estimate of drug-likeness (QED) is 0.202. The molecule has 0 saturated heterocycles. The van der Waals surface area contributed by atoms with Crippen molar-refractivity contribution in [3.05, 3.63) is 83.9 Å². The molecule has 7 heteroatoms. The first-order chi connectivity index (χ1) is 15.5. The Hall–Kier alpha value is -2.96. The molecule has 0 aliphatic heterocycles. The van der Waals surface area contributed by atoms with Gasteiger partial charge in [-0.2, -0.15) is 16.3 Å². The zero-order valence-electron chi connectivity index (χ0n) is 18.9. The summed E-state index contributed by atoms with van der Waals surface area (Å²) in [7, 11) is 0. The van der Waals surface area contributed by atoms with E-state index in [-0.39, 0.29) is 38.5 Å². The van der Waals surface area contributed by atoms with Crippen LogP contribution in [-0.4, -0.2) is 11.7 Å². The van der Waals surface area contributed by atoms with Gasteiger partial charge in [0.2, 0.25) is 0 Å². The van der Waals surface area contributed by atoms with Crippen LogP contribution in [0, 0.1) is 19.9 Å². The number of aryl methyl sites for hydroxylation is 2. The fourth-order valence-corrected chi connectivity index (χ4v) is 3.41. The summed E-state index contributed by atoms with van der Waals surface area (Å²) in [5, 5.41) is 32.9. The molecule has 0 aliphatic rings. The van der Waals surface area contributed by atoms with E-state index >= 15 is 0 Å². The van der Waals surface area contributed by atoms with Crippen molar-refractivity contribution in [2.45, 2.75) is 20.8 Å². The molecule has 0 saturated carbocycles. The van der Waals surface area contributed by atoms with E-state index in [0.717, 1.165) is 39.8 Å². The summed E-state index contributed by atoms with van der Waals surface area (Å²) in [4.78, 5) is 0. The van der Waals surface area contributed by atoms with E-state index in [1.54, 1.807) is 6.07 Å². The Morgan fingerprint density at radius 2 is 1.67 bits per heavy atom. The molecule has 0 unspecified atom stereocenters. The van der Waals surface area contributed by atoms with Crippen LogP contribution in [0.4, 0.5) is 28.4 Å². The molecule has 4 aromatic rings. The summed E-state index contributed by atoms with van der Waals surface area (Å²) in [6, 6.07) is 24.1. The summed E-state index contributed by atoms with van der Waals surface area (Å²) >= 11 is 0. The number of anilines is 1. The minimum atomic E-state index is 0. The van der Waals surface area contributed by atoms with E-state index in [2.05, 4.69) is 31.8 Å². The number of nitrogens with zero attached hydrogens (tertiary/aromatic N) is 4. The number of nitrogens with one attached hydrogen (secondary N) is 1. The molecule has 2 N–H and O–H groups in total. The number of benzene rings is 4. The third-order valence-electron chi connectivity index (χ3n) is 5.06. The van der Waals surface area contributed by atoms with Crippen molar-refractivity contribution in [3.63, 3.8) is 0 Å². The van der Waals surface area contributed by atoms with E-state index in [1.807, 2.05) is 81.4 Å². The largest absolute Gasteiger partial charge is 0.505 e. The Labute approximate surface area is 218 Å². The third kappa shape index (κ3) is 5.89. The average molecular weight is 511 g/mol. The zero-order chi connectivity index (χ0) is 22.5. The third-order valence-corrected chi connectivity index (χ3v) is 5.06. The number of azo groups is 2. The van der Waals surface area contributed by atoms with Crippen LogP contribution in [0.25, 0.3) is 10.8 Å². The minimum absolute atomic E-state index is 0. The predicted octanol–water partition coefficient (Wildman–Crippen LogP) is 8.22. The van der Waals surface area contributed by atoms with E-state index in [0.29, 0.717) is 17.1 Å². The van der Waals surface area contributed by atoms with Gasteiger partial charge in [0.05, 0.1) is 5.69 Å². The van der Waals surface area contributed by atoms with Gasteiger partial charge in [-0.05, 0) is 72.6 Å². The Bertz CT molecular complexity index is 1320. The van der Waals surface area contributed by atoms with Crippen molar-refractivity contribution < 1.29 is 37.8 Å². The van der Waals surface area contributed by atoms with Gasteiger partial charge in [0.1, 0.15) is 5.69 Å². The van der Waals surface area contributed by atoms with Crippen LogP contribution in [-0.2, 0) is 32.7 Å². The first-order valence-corrected chi connectivity index (χ1v) is 10.5. The molecule has 0 aromatic heterocycles. The Kier molecular flexibility index (Phi) is 8.42. The Morgan fingerprint density at radius 3 is 2.39 bits per heavy atom. The van der Waals surface area contributed by atoms with Gasteiger partial charge in [-0.15, -0.1) is 22.8 Å². The van der Waals surface area contributed by atoms with Crippen LogP contribution in [0.2, 0.25) is 0 Å². The molecule has 0 amide bonds. The molecular formula is C26H24N5OY-. The van der Waals surface area contributed by atoms with Crippen LogP contribution < -0.4 is 5.32 Å². The summed E-state index contributed by atoms with van der Waals surface area (Å²) in [5.74, 6) is 0.122. The van der Waals surface area contributed by atoms with E-state index in [1.165, 1.54) is 0 Å². The first kappa shape index (κ1) is 24.7. The SMILES string of the molecule is CCNc1ccc2c(O)c(N=Nc3[c-]cc(N=Nc4ccccc4)c(C)c3)c(C)cc2c1.[Y]. The second-order valence-corrected chi connectivity index (χ2v) is 7.48. The molecular weight excluding hydrogens is 487 g/mol. The molecule has 0 spiro atoms. The number of hydrogen-bond acceptors (Lipinski definition) is 6. The summed E-state index contributed by atoms with van der Waals surface area (Å²) in [5.41, 5.74) is 5.28. The van der Waals surface area contributed by atoms with Gasteiger partial charge in [0, 0.05) is 50.3 Å². The van der Waals surface area contributed by atoms with E-state index in [4.69, 9.17) is 0 Å².